The average molecular weight is 240 g/mol. The van der Waals surface area contributed by atoms with Gasteiger partial charge >= 0.3 is 0 Å². The van der Waals surface area contributed by atoms with Gasteiger partial charge in [-0.05, 0) is 38.5 Å². The molecule has 3 heteroatoms. The molecule has 0 aromatic carbocycles. The molecule has 1 heterocycles. The van der Waals surface area contributed by atoms with Gasteiger partial charge in [0.2, 0.25) is 5.91 Å². The summed E-state index contributed by atoms with van der Waals surface area (Å²) in [6.45, 7) is 10.6. The lowest BCUT2D eigenvalue weighted by Gasteiger charge is -2.40. The van der Waals surface area contributed by atoms with Gasteiger partial charge < -0.3 is 10.6 Å². The monoisotopic (exact) mass is 240 g/mol. The summed E-state index contributed by atoms with van der Waals surface area (Å²) in [6, 6.07) is 0.688. The van der Waals surface area contributed by atoms with Crippen LogP contribution >= 0.6 is 0 Å². The lowest BCUT2D eigenvalue weighted by atomic mass is 9.84. The molecule has 0 bridgehead atoms. The van der Waals surface area contributed by atoms with E-state index in [0.29, 0.717) is 18.5 Å². The quantitative estimate of drug-likeness (QED) is 0.806. The fourth-order valence-corrected chi connectivity index (χ4v) is 2.51. The molecule has 0 radical (unpaired) electrons. The zero-order valence-electron chi connectivity index (χ0n) is 12.0. The van der Waals surface area contributed by atoms with Crippen molar-refractivity contribution in [3.8, 4) is 0 Å². The molecule has 2 N–H and O–H groups in total. The smallest absolute Gasteiger partial charge is 0.224 e. The molecule has 0 aromatic heterocycles. The van der Waals surface area contributed by atoms with Crippen LogP contribution in [0.15, 0.2) is 0 Å². The van der Waals surface area contributed by atoms with Crippen LogP contribution < -0.4 is 5.73 Å². The molecular formula is C14H28N2O. The first-order valence-corrected chi connectivity index (χ1v) is 6.80. The molecule has 1 saturated heterocycles. The van der Waals surface area contributed by atoms with Crippen molar-refractivity contribution in [2.45, 2.75) is 78.4 Å². The topological polar surface area (TPSA) is 46.3 Å². The Hall–Kier alpha value is -0.570. The summed E-state index contributed by atoms with van der Waals surface area (Å²) in [7, 11) is 0. The minimum Gasteiger partial charge on any atom is -0.337 e. The predicted molar refractivity (Wildman–Crippen MR) is 71.7 cm³/mol. The summed E-state index contributed by atoms with van der Waals surface area (Å²) in [5, 5.41) is 0. The van der Waals surface area contributed by atoms with Crippen molar-refractivity contribution >= 4 is 5.91 Å². The minimum absolute atomic E-state index is 0.00206. The number of nitrogens with zero attached hydrogens (tertiary/aromatic N) is 1. The van der Waals surface area contributed by atoms with E-state index in [9.17, 15) is 4.79 Å². The van der Waals surface area contributed by atoms with Gasteiger partial charge in [0, 0.05) is 24.5 Å². The second-order valence-corrected chi connectivity index (χ2v) is 6.61. The Kier molecular flexibility index (Phi) is 4.59. The highest BCUT2D eigenvalue weighted by atomic mass is 16.2. The molecule has 17 heavy (non-hydrogen) atoms. The highest BCUT2D eigenvalue weighted by Crippen LogP contribution is 2.26. The summed E-state index contributed by atoms with van der Waals surface area (Å²) in [6.07, 6.45) is 3.96. The van der Waals surface area contributed by atoms with Crippen LogP contribution in [0.5, 0.6) is 0 Å². The van der Waals surface area contributed by atoms with Gasteiger partial charge in [-0.1, -0.05) is 20.8 Å². The van der Waals surface area contributed by atoms with Crippen molar-refractivity contribution in [2.75, 3.05) is 0 Å². The van der Waals surface area contributed by atoms with Gasteiger partial charge in [0.15, 0.2) is 0 Å². The standard InChI is InChI=1S/C14H28N2O/c1-10-7-6-8-11(2)16(10)13(17)9-12(15)14(3,4)5/h10-12H,6-9,15H2,1-5H3/t10-,11+,12?. The summed E-state index contributed by atoms with van der Waals surface area (Å²) in [5.74, 6) is 0.229. The van der Waals surface area contributed by atoms with E-state index in [4.69, 9.17) is 5.73 Å². The molecule has 3 atom stereocenters. The molecule has 0 aromatic rings. The fraction of sp³-hybridized carbons (Fsp3) is 0.929. The number of rotatable bonds is 2. The third-order valence-corrected chi connectivity index (χ3v) is 3.99. The van der Waals surface area contributed by atoms with Gasteiger partial charge in [-0.15, -0.1) is 0 Å². The first-order chi connectivity index (χ1) is 7.73. The van der Waals surface area contributed by atoms with Crippen LogP contribution in [0.2, 0.25) is 0 Å². The second-order valence-electron chi connectivity index (χ2n) is 6.61. The molecule has 0 saturated carbocycles. The number of piperidine rings is 1. The van der Waals surface area contributed by atoms with E-state index in [-0.39, 0.29) is 17.4 Å². The Balaban J connectivity index is 2.62. The third-order valence-electron chi connectivity index (χ3n) is 3.99. The van der Waals surface area contributed by atoms with Crippen molar-refractivity contribution in [3.63, 3.8) is 0 Å². The van der Waals surface area contributed by atoms with Crippen LogP contribution in [0, 0.1) is 5.41 Å². The van der Waals surface area contributed by atoms with Crippen LogP contribution in [-0.2, 0) is 4.79 Å². The molecule has 1 aliphatic heterocycles. The maximum absolute atomic E-state index is 12.3. The third kappa shape index (κ3) is 3.70. The van der Waals surface area contributed by atoms with Crippen molar-refractivity contribution in [3.05, 3.63) is 0 Å². The lowest BCUT2D eigenvalue weighted by molar-refractivity contribution is -0.138. The van der Waals surface area contributed by atoms with E-state index < -0.39 is 0 Å². The molecule has 1 amide bonds. The van der Waals surface area contributed by atoms with Crippen LogP contribution in [0.3, 0.4) is 0 Å². The van der Waals surface area contributed by atoms with E-state index in [1.165, 1.54) is 6.42 Å². The largest absolute Gasteiger partial charge is 0.337 e. The number of carbonyl (C=O) groups excluding carboxylic acids is 1. The van der Waals surface area contributed by atoms with Gasteiger partial charge in [0.25, 0.3) is 0 Å². The zero-order chi connectivity index (χ0) is 13.2. The molecule has 100 valence electrons. The fourth-order valence-electron chi connectivity index (χ4n) is 2.51. The van der Waals surface area contributed by atoms with Gasteiger partial charge in [-0.2, -0.15) is 0 Å². The first kappa shape index (κ1) is 14.5. The Morgan fingerprint density at radius 3 is 2.18 bits per heavy atom. The molecule has 1 fully saturated rings. The zero-order valence-corrected chi connectivity index (χ0v) is 12.0. The summed E-state index contributed by atoms with van der Waals surface area (Å²) in [5.41, 5.74) is 6.10. The normalized spacial score (nSPS) is 28.0. The maximum atomic E-state index is 12.3. The number of likely N-dealkylation sites (tertiary alicyclic amines) is 1. The van der Waals surface area contributed by atoms with Gasteiger partial charge in [0.05, 0.1) is 0 Å². The summed E-state index contributed by atoms with van der Waals surface area (Å²) in [4.78, 5) is 14.4. The summed E-state index contributed by atoms with van der Waals surface area (Å²) >= 11 is 0. The van der Waals surface area contributed by atoms with E-state index in [1.807, 2.05) is 0 Å². The Labute approximate surface area is 106 Å². The van der Waals surface area contributed by atoms with Crippen LogP contribution in [0.4, 0.5) is 0 Å². The van der Waals surface area contributed by atoms with Crippen molar-refractivity contribution in [1.82, 2.24) is 4.90 Å². The van der Waals surface area contributed by atoms with Gasteiger partial charge in [-0.3, -0.25) is 4.79 Å². The van der Waals surface area contributed by atoms with Gasteiger partial charge in [-0.25, -0.2) is 0 Å². The molecule has 3 nitrogen and oxygen atoms in total. The maximum Gasteiger partial charge on any atom is 0.224 e. The van der Waals surface area contributed by atoms with E-state index in [0.717, 1.165) is 12.8 Å². The van der Waals surface area contributed by atoms with Crippen LogP contribution in [-0.4, -0.2) is 28.9 Å². The molecular weight excluding hydrogens is 212 g/mol. The molecule has 1 rings (SSSR count). The second kappa shape index (κ2) is 5.38. The van der Waals surface area contributed by atoms with Gasteiger partial charge in [0.1, 0.15) is 0 Å². The number of amides is 1. The highest BCUT2D eigenvalue weighted by molar-refractivity contribution is 5.77. The van der Waals surface area contributed by atoms with Crippen molar-refractivity contribution in [2.24, 2.45) is 11.1 Å². The first-order valence-electron chi connectivity index (χ1n) is 6.80. The SMILES string of the molecule is C[C@@H]1CCC[C@H](C)N1C(=O)CC(N)C(C)(C)C. The van der Waals surface area contributed by atoms with Crippen LogP contribution in [0.1, 0.15) is 60.3 Å². The molecule has 1 unspecified atom stereocenters. The predicted octanol–water partition coefficient (Wildman–Crippen LogP) is 2.54. The Morgan fingerprint density at radius 2 is 1.76 bits per heavy atom. The van der Waals surface area contributed by atoms with E-state index in [2.05, 4.69) is 39.5 Å². The molecule has 1 aliphatic rings. The number of carbonyl (C=O) groups is 1. The van der Waals surface area contributed by atoms with Crippen molar-refractivity contribution < 1.29 is 4.79 Å². The van der Waals surface area contributed by atoms with Crippen molar-refractivity contribution in [1.29, 1.82) is 0 Å². The van der Waals surface area contributed by atoms with E-state index >= 15 is 0 Å². The van der Waals surface area contributed by atoms with Crippen LogP contribution in [0.25, 0.3) is 0 Å². The number of nitrogens with two attached hydrogens (primary N) is 1. The molecule has 0 spiro atoms. The van der Waals surface area contributed by atoms with E-state index in [1.54, 1.807) is 0 Å². The Bertz CT molecular complexity index is 260. The number of hydrogen-bond donors (Lipinski definition) is 1. The summed E-state index contributed by atoms with van der Waals surface area (Å²) < 4.78 is 0. The minimum atomic E-state index is -0.0590. The Morgan fingerprint density at radius 1 is 1.29 bits per heavy atom. The average Bonchev–Trinajstić information content (AvgIpc) is 2.15. The lowest BCUT2D eigenvalue weighted by Crippen LogP contribution is -2.50. The highest BCUT2D eigenvalue weighted by Gasteiger charge is 2.31. The molecule has 0 aliphatic carbocycles. The number of hydrogen-bond acceptors (Lipinski definition) is 2.